The summed E-state index contributed by atoms with van der Waals surface area (Å²) in [5.74, 6) is 5.37. The van der Waals surface area contributed by atoms with Gasteiger partial charge in [-0.2, -0.15) is 0 Å². The van der Waals surface area contributed by atoms with Crippen LogP contribution < -0.4 is 16.0 Å². The molecule has 0 aliphatic rings. The zero-order valence-corrected chi connectivity index (χ0v) is 10.8. The summed E-state index contributed by atoms with van der Waals surface area (Å²) in [6.45, 7) is 0.449. The van der Waals surface area contributed by atoms with Gasteiger partial charge in [0, 0.05) is 24.0 Å². The lowest BCUT2D eigenvalue weighted by molar-refractivity contribution is -0.116. The molecule has 0 aliphatic carbocycles. The van der Waals surface area contributed by atoms with E-state index in [0.717, 1.165) is 16.9 Å². The monoisotopic (exact) mass is 269 g/mol. The normalized spacial score (nSPS) is 10.4. The quantitative estimate of drug-likeness (QED) is 0.374. The number of ether oxygens (including phenoxy) is 1. The van der Waals surface area contributed by atoms with Crippen LogP contribution in [0.5, 0.6) is 5.75 Å². The Kier molecular flexibility index (Phi) is 4.86. The Hall–Kier alpha value is -2.66. The molecule has 2 rings (SSSR count). The summed E-state index contributed by atoms with van der Waals surface area (Å²) in [4.78, 5) is 15.0. The van der Waals surface area contributed by atoms with Crippen molar-refractivity contribution < 1.29 is 9.53 Å². The molecule has 1 heterocycles. The number of benzene rings is 1. The smallest absolute Gasteiger partial charge is 0.257 e. The summed E-state index contributed by atoms with van der Waals surface area (Å²) in [6, 6.07) is 11.2. The van der Waals surface area contributed by atoms with Gasteiger partial charge in [-0.1, -0.05) is 18.2 Å². The second-order valence-electron chi connectivity index (χ2n) is 4.06. The van der Waals surface area contributed by atoms with Crippen LogP contribution in [-0.4, -0.2) is 10.9 Å². The van der Waals surface area contributed by atoms with Gasteiger partial charge in [0.1, 0.15) is 12.4 Å². The fourth-order valence-electron chi connectivity index (χ4n) is 1.58. The molecule has 1 aromatic carbocycles. The minimum Gasteiger partial charge on any atom is -0.489 e. The summed E-state index contributed by atoms with van der Waals surface area (Å²) < 4.78 is 5.67. The maximum absolute atomic E-state index is 11.0. The van der Waals surface area contributed by atoms with Crippen molar-refractivity contribution in [3.05, 3.63) is 66.0 Å². The number of nitrogens with two attached hydrogens (primary N) is 1. The van der Waals surface area contributed by atoms with E-state index < -0.39 is 0 Å². The number of carbonyl (C=O) groups is 1. The van der Waals surface area contributed by atoms with Crippen LogP contribution in [0.4, 0.5) is 0 Å². The third-order valence-electron chi connectivity index (χ3n) is 2.56. The molecule has 0 unspecified atom stereocenters. The van der Waals surface area contributed by atoms with Crippen LogP contribution in [0.15, 0.2) is 54.9 Å². The number of amides is 1. The fraction of sp³-hybridized carbons (Fsp3) is 0.0667. The lowest BCUT2D eigenvalue weighted by Gasteiger charge is -2.06. The lowest BCUT2D eigenvalue weighted by Crippen LogP contribution is -2.27. The summed E-state index contributed by atoms with van der Waals surface area (Å²) in [7, 11) is 0. The molecule has 0 bridgehead atoms. The molecule has 0 atom stereocenters. The number of nitrogens with one attached hydrogen (secondary N) is 1. The maximum atomic E-state index is 11.0. The summed E-state index contributed by atoms with van der Waals surface area (Å²) in [5.41, 5.74) is 3.89. The Balaban J connectivity index is 1.99. The Morgan fingerprint density at radius 3 is 3.00 bits per heavy atom. The molecule has 0 saturated heterocycles. The second kappa shape index (κ2) is 7.06. The van der Waals surface area contributed by atoms with Crippen LogP contribution in [0.25, 0.3) is 6.08 Å². The lowest BCUT2D eigenvalue weighted by atomic mass is 10.2. The molecule has 2 aromatic rings. The van der Waals surface area contributed by atoms with Crippen LogP contribution in [0.1, 0.15) is 11.1 Å². The van der Waals surface area contributed by atoms with Crippen LogP contribution in [0.2, 0.25) is 0 Å². The topological polar surface area (TPSA) is 77.2 Å². The number of pyridine rings is 1. The van der Waals surface area contributed by atoms with Crippen molar-refractivity contribution >= 4 is 12.0 Å². The maximum Gasteiger partial charge on any atom is 0.257 e. The highest BCUT2D eigenvalue weighted by molar-refractivity contribution is 5.91. The van der Waals surface area contributed by atoms with Crippen molar-refractivity contribution in [1.29, 1.82) is 0 Å². The van der Waals surface area contributed by atoms with E-state index in [2.05, 4.69) is 4.98 Å². The van der Waals surface area contributed by atoms with Gasteiger partial charge in [0.2, 0.25) is 0 Å². The van der Waals surface area contributed by atoms with Crippen molar-refractivity contribution in [1.82, 2.24) is 10.4 Å². The molecule has 102 valence electrons. The van der Waals surface area contributed by atoms with E-state index in [0.29, 0.717) is 6.61 Å². The average Bonchev–Trinajstić information content (AvgIpc) is 2.52. The SMILES string of the molecule is NNC(=O)/C=C/c1cccc(OCc2cccnc2)c1. The first-order valence-corrected chi connectivity index (χ1v) is 6.08. The molecule has 3 N–H and O–H groups in total. The number of rotatable bonds is 5. The number of hydrazine groups is 1. The molecular formula is C15H15N3O2. The zero-order chi connectivity index (χ0) is 14.2. The van der Waals surface area contributed by atoms with Gasteiger partial charge in [-0.05, 0) is 29.8 Å². The van der Waals surface area contributed by atoms with Gasteiger partial charge in [0.05, 0.1) is 0 Å². The number of carbonyl (C=O) groups excluding carboxylic acids is 1. The van der Waals surface area contributed by atoms with E-state index in [1.807, 2.05) is 41.8 Å². The third-order valence-corrected chi connectivity index (χ3v) is 2.56. The van der Waals surface area contributed by atoms with Crippen LogP contribution in [-0.2, 0) is 11.4 Å². The number of aromatic nitrogens is 1. The van der Waals surface area contributed by atoms with Crippen molar-refractivity contribution in [3.63, 3.8) is 0 Å². The Bertz CT molecular complexity index is 597. The van der Waals surface area contributed by atoms with Gasteiger partial charge in [-0.25, -0.2) is 5.84 Å². The predicted octanol–water partition coefficient (Wildman–Crippen LogP) is 1.66. The highest BCUT2D eigenvalue weighted by Gasteiger charge is 1.97. The van der Waals surface area contributed by atoms with Gasteiger partial charge in [0.15, 0.2) is 0 Å². The van der Waals surface area contributed by atoms with E-state index in [-0.39, 0.29) is 5.91 Å². The van der Waals surface area contributed by atoms with E-state index >= 15 is 0 Å². The largest absolute Gasteiger partial charge is 0.489 e. The average molecular weight is 269 g/mol. The molecule has 0 radical (unpaired) electrons. The Morgan fingerprint density at radius 2 is 2.25 bits per heavy atom. The van der Waals surface area contributed by atoms with Crippen LogP contribution in [0, 0.1) is 0 Å². The van der Waals surface area contributed by atoms with E-state index in [1.54, 1.807) is 18.5 Å². The van der Waals surface area contributed by atoms with Gasteiger partial charge >= 0.3 is 0 Å². The molecule has 0 spiro atoms. The molecule has 0 aliphatic heterocycles. The first-order chi connectivity index (χ1) is 9.78. The standard InChI is InChI=1S/C15H15N3O2/c16-18-15(19)7-6-12-3-1-5-14(9-12)20-11-13-4-2-8-17-10-13/h1-10H,11,16H2,(H,18,19)/b7-6+. The molecule has 5 heteroatoms. The summed E-state index contributed by atoms with van der Waals surface area (Å²) in [5, 5.41) is 0. The van der Waals surface area contributed by atoms with Gasteiger partial charge in [0.25, 0.3) is 5.91 Å². The van der Waals surface area contributed by atoms with Crippen molar-refractivity contribution in [2.45, 2.75) is 6.61 Å². The van der Waals surface area contributed by atoms with Crippen LogP contribution in [0.3, 0.4) is 0 Å². The Morgan fingerprint density at radius 1 is 1.35 bits per heavy atom. The molecule has 0 saturated carbocycles. The third kappa shape index (κ3) is 4.22. The summed E-state index contributed by atoms with van der Waals surface area (Å²) >= 11 is 0. The molecule has 20 heavy (non-hydrogen) atoms. The molecular weight excluding hydrogens is 254 g/mol. The van der Waals surface area contributed by atoms with Gasteiger partial charge < -0.3 is 4.74 Å². The van der Waals surface area contributed by atoms with Crippen molar-refractivity contribution in [3.8, 4) is 5.75 Å². The van der Waals surface area contributed by atoms with Crippen molar-refractivity contribution in [2.75, 3.05) is 0 Å². The van der Waals surface area contributed by atoms with Crippen LogP contribution >= 0.6 is 0 Å². The predicted molar refractivity (Wildman–Crippen MR) is 76.4 cm³/mol. The van der Waals surface area contributed by atoms with Gasteiger partial charge in [-0.3, -0.25) is 15.2 Å². The number of nitrogens with zero attached hydrogens (tertiary/aromatic N) is 1. The summed E-state index contributed by atoms with van der Waals surface area (Å²) in [6.07, 6.45) is 6.51. The molecule has 0 fully saturated rings. The van der Waals surface area contributed by atoms with E-state index in [1.165, 1.54) is 6.08 Å². The molecule has 1 amide bonds. The second-order valence-corrected chi connectivity index (χ2v) is 4.06. The first-order valence-electron chi connectivity index (χ1n) is 6.08. The highest BCUT2D eigenvalue weighted by atomic mass is 16.5. The Labute approximate surface area is 117 Å². The minimum atomic E-state index is -0.355. The molecule has 5 nitrogen and oxygen atoms in total. The number of hydrogen-bond acceptors (Lipinski definition) is 4. The minimum absolute atomic E-state index is 0.355. The highest BCUT2D eigenvalue weighted by Crippen LogP contribution is 2.16. The molecule has 1 aromatic heterocycles. The number of hydrogen-bond donors (Lipinski definition) is 2. The zero-order valence-electron chi connectivity index (χ0n) is 10.8. The van der Waals surface area contributed by atoms with E-state index in [4.69, 9.17) is 10.6 Å². The van der Waals surface area contributed by atoms with Crippen molar-refractivity contribution in [2.24, 2.45) is 5.84 Å². The fourth-order valence-corrected chi connectivity index (χ4v) is 1.58. The first kappa shape index (κ1) is 13.8. The van der Waals surface area contributed by atoms with E-state index in [9.17, 15) is 4.79 Å². The van der Waals surface area contributed by atoms with Gasteiger partial charge in [-0.15, -0.1) is 0 Å².